The number of aromatic nitrogens is 5. The van der Waals surface area contributed by atoms with E-state index < -0.39 is 6.04 Å². The third-order valence-electron chi connectivity index (χ3n) is 4.65. The van der Waals surface area contributed by atoms with Crippen molar-refractivity contribution in [1.82, 2.24) is 30.1 Å². The van der Waals surface area contributed by atoms with Crippen molar-refractivity contribution >= 4 is 28.8 Å². The number of thiazole rings is 1. The zero-order valence-corrected chi connectivity index (χ0v) is 16.1. The Kier molecular flexibility index (Phi) is 5.11. The number of nitrogens with zero attached hydrogens (tertiary/aromatic N) is 6. The first-order valence-corrected chi connectivity index (χ1v) is 9.87. The molecule has 1 N–H and O–H groups in total. The molecule has 1 saturated heterocycles. The molecule has 3 aromatic rings. The fourth-order valence-electron chi connectivity index (χ4n) is 3.26. The number of anilines is 1. The van der Waals surface area contributed by atoms with Crippen LogP contribution in [0.15, 0.2) is 36.0 Å². The van der Waals surface area contributed by atoms with Gasteiger partial charge < -0.3 is 10.2 Å². The summed E-state index contributed by atoms with van der Waals surface area (Å²) in [5.41, 5.74) is 1.86. The molecule has 0 aliphatic carbocycles. The van der Waals surface area contributed by atoms with Crippen LogP contribution in [0.3, 0.4) is 0 Å². The van der Waals surface area contributed by atoms with Crippen LogP contribution < -0.4 is 5.32 Å². The van der Waals surface area contributed by atoms with Crippen molar-refractivity contribution in [3.8, 4) is 5.69 Å². The van der Waals surface area contributed by atoms with Gasteiger partial charge in [0.05, 0.1) is 10.7 Å². The van der Waals surface area contributed by atoms with Crippen molar-refractivity contribution in [2.75, 3.05) is 11.9 Å². The molecule has 1 aromatic carbocycles. The molecule has 0 saturated carbocycles. The van der Waals surface area contributed by atoms with Gasteiger partial charge in [0.1, 0.15) is 18.1 Å². The molecule has 2 amide bonds. The summed E-state index contributed by atoms with van der Waals surface area (Å²) in [6.07, 6.45) is 3.94. The van der Waals surface area contributed by atoms with Gasteiger partial charge in [-0.2, -0.15) is 0 Å². The topological polar surface area (TPSA) is 106 Å². The van der Waals surface area contributed by atoms with Gasteiger partial charge in [-0.05, 0) is 60.9 Å². The van der Waals surface area contributed by atoms with Crippen LogP contribution in [0.4, 0.5) is 5.69 Å². The number of amides is 2. The second-order valence-electron chi connectivity index (χ2n) is 6.55. The molecule has 3 heterocycles. The Bertz CT molecular complexity index is 968. The van der Waals surface area contributed by atoms with Crippen molar-refractivity contribution in [3.05, 3.63) is 46.7 Å². The molecule has 28 heavy (non-hydrogen) atoms. The number of carbonyl (C=O) groups is 2. The van der Waals surface area contributed by atoms with Gasteiger partial charge in [-0.3, -0.25) is 9.59 Å². The number of likely N-dealkylation sites (tertiary alicyclic amines) is 1. The minimum absolute atomic E-state index is 0.182. The van der Waals surface area contributed by atoms with E-state index in [2.05, 4.69) is 25.8 Å². The third kappa shape index (κ3) is 3.77. The van der Waals surface area contributed by atoms with Gasteiger partial charge in [-0.15, -0.1) is 16.4 Å². The largest absolute Gasteiger partial charge is 0.325 e. The summed E-state index contributed by atoms with van der Waals surface area (Å²) in [4.78, 5) is 31.6. The van der Waals surface area contributed by atoms with Crippen LogP contribution in [0.5, 0.6) is 0 Å². The number of carbonyl (C=O) groups excluding carboxylic acids is 2. The van der Waals surface area contributed by atoms with Gasteiger partial charge in [-0.25, -0.2) is 9.67 Å². The molecular weight excluding hydrogens is 378 g/mol. The zero-order valence-electron chi connectivity index (χ0n) is 15.3. The Labute approximate surface area is 165 Å². The predicted octanol–water partition coefficient (Wildman–Crippen LogP) is 2.06. The lowest BCUT2D eigenvalue weighted by molar-refractivity contribution is -0.121. The molecule has 1 atom stereocenters. The van der Waals surface area contributed by atoms with Crippen molar-refractivity contribution in [2.45, 2.75) is 32.2 Å². The summed E-state index contributed by atoms with van der Waals surface area (Å²) in [7, 11) is 0. The molecule has 144 valence electrons. The van der Waals surface area contributed by atoms with E-state index in [-0.39, 0.29) is 11.8 Å². The number of benzene rings is 1. The highest BCUT2D eigenvalue weighted by Gasteiger charge is 2.33. The maximum absolute atomic E-state index is 12.9. The molecule has 1 fully saturated rings. The quantitative estimate of drug-likeness (QED) is 0.722. The number of piperidine rings is 1. The maximum atomic E-state index is 12.9. The van der Waals surface area contributed by atoms with E-state index in [0.29, 0.717) is 24.3 Å². The molecule has 9 nitrogen and oxygen atoms in total. The molecular formula is C18H19N7O2S. The van der Waals surface area contributed by atoms with Crippen LogP contribution in [0.1, 0.15) is 34.8 Å². The molecule has 2 aromatic heterocycles. The average Bonchev–Trinajstić information content (AvgIpc) is 3.40. The fourth-order valence-corrected chi connectivity index (χ4v) is 3.85. The standard InChI is InChI=1S/C18H19N7O2S/c1-12-20-15(10-28-12)18(27)24-9-3-2-4-16(24)17(26)21-13-5-7-14(8-6-13)25-11-19-22-23-25/h5-8,10-11,16H,2-4,9H2,1H3,(H,21,26). The van der Waals surface area contributed by atoms with Gasteiger partial charge in [0, 0.05) is 17.6 Å². The van der Waals surface area contributed by atoms with Crippen LogP contribution in [-0.4, -0.2) is 54.5 Å². The number of hydrogen-bond donors (Lipinski definition) is 1. The lowest BCUT2D eigenvalue weighted by Crippen LogP contribution is -2.50. The van der Waals surface area contributed by atoms with Crippen LogP contribution in [0.2, 0.25) is 0 Å². The molecule has 1 aliphatic rings. The van der Waals surface area contributed by atoms with Gasteiger partial charge in [0.15, 0.2) is 0 Å². The predicted molar refractivity (Wildman–Crippen MR) is 103 cm³/mol. The number of aryl methyl sites for hydroxylation is 1. The smallest absolute Gasteiger partial charge is 0.274 e. The van der Waals surface area contributed by atoms with Gasteiger partial charge in [-0.1, -0.05) is 0 Å². The molecule has 0 radical (unpaired) electrons. The normalized spacial score (nSPS) is 16.8. The maximum Gasteiger partial charge on any atom is 0.274 e. The van der Waals surface area contributed by atoms with E-state index >= 15 is 0 Å². The first-order chi connectivity index (χ1) is 13.6. The van der Waals surface area contributed by atoms with Crippen molar-refractivity contribution in [1.29, 1.82) is 0 Å². The summed E-state index contributed by atoms with van der Waals surface area (Å²) >= 11 is 1.43. The molecule has 10 heteroatoms. The Morgan fingerprint density at radius 3 is 2.71 bits per heavy atom. The van der Waals surface area contributed by atoms with Crippen LogP contribution in [0.25, 0.3) is 5.69 Å². The van der Waals surface area contributed by atoms with E-state index in [0.717, 1.165) is 23.5 Å². The molecule has 0 bridgehead atoms. The summed E-state index contributed by atoms with van der Waals surface area (Å²) in [6, 6.07) is 6.70. The SMILES string of the molecule is Cc1nc(C(=O)N2CCCCC2C(=O)Nc2ccc(-n3cnnn3)cc2)cs1. The molecule has 1 aliphatic heterocycles. The number of hydrogen-bond acceptors (Lipinski definition) is 7. The minimum Gasteiger partial charge on any atom is -0.325 e. The Morgan fingerprint density at radius 2 is 2.04 bits per heavy atom. The number of rotatable bonds is 4. The lowest BCUT2D eigenvalue weighted by atomic mass is 10.0. The van der Waals surface area contributed by atoms with Crippen LogP contribution in [-0.2, 0) is 4.79 Å². The van der Waals surface area contributed by atoms with E-state index in [1.54, 1.807) is 22.4 Å². The highest BCUT2D eigenvalue weighted by atomic mass is 32.1. The number of nitrogens with one attached hydrogen (secondary N) is 1. The van der Waals surface area contributed by atoms with E-state index in [1.807, 2.05) is 19.1 Å². The molecule has 1 unspecified atom stereocenters. The van der Waals surface area contributed by atoms with E-state index in [9.17, 15) is 9.59 Å². The monoisotopic (exact) mass is 397 g/mol. The van der Waals surface area contributed by atoms with Crippen molar-refractivity contribution in [2.24, 2.45) is 0 Å². The van der Waals surface area contributed by atoms with Gasteiger partial charge >= 0.3 is 0 Å². The highest BCUT2D eigenvalue weighted by Crippen LogP contribution is 2.22. The highest BCUT2D eigenvalue weighted by molar-refractivity contribution is 7.09. The zero-order chi connectivity index (χ0) is 19.5. The van der Waals surface area contributed by atoms with Gasteiger partial charge in [0.2, 0.25) is 5.91 Å². The Hall–Kier alpha value is -3.14. The second-order valence-corrected chi connectivity index (χ2v) is 7.61. The Morgan fingerprint density at radius 1 is 1.21 bits per heavy atom. The van der Waals surface area contributed by atoms with Crippen LogP contribution >= 0.6 is 11.3 Å². The van der Waals surface area contributed by atoms with Crippen molar-refractivity contribution < 1.29 is 9.59 Å². The third-order valence-corrected chi connectivity index (χ3v) is 5.43. The minimum atomic E-state index is -0.498. The molecule has 0 spiro atoms. The summed E-state index contributed by atoms with van der Waals surface area (Å²) in [5, 5.41) is 16.5. The first-order valence-electron chi connectivity index (χ1n) is 8.99. The van der Waals surface area contributed by atoms with Gasteiger partial charge in [0.25, 0.3) is 5.91 Å². The van der Waals surface area contributed by atoms with E-state index in [1.165, 1.54) is 22.3 Å². The van der Waals surface area contributed by atoms with Crippen molar-refractivity contribution in [3.63, 3.8) is 0 Å². The summed E-state index contributed by atoms with van der Waals surface area (Å²) < 4.78 is 1.53. The van der Waals surface area contributed by atoms with Crippen LogP contribution in [0, 0.1) is 6.92 Å². The second kappa shape index (κ2) is 7.85. The first kappa shape index (κ1) is 18.2. The Balaban J connectivity index is 1.47. The number of tetrazole rings is 1. The summed E-state index contributed by atoms with van der Waals surface area (Å²) in [6.45, 7) is 2.42. The summed E-state index contributed by atoms with van der Waals surface area (Å²) in [5.74, 6) is -0.367. The lowest BCUT2D eigenvalue weighted by Gasteiger charge is -2.34. The van der Waals surface area contributed by atoms with E-state index in [4.69, 9.17) is 0 Å². The average molecular weight is 397 g/mol. The molecule has 4 rings (SSSR count). The fraction of sp³-hybridized carbons (Fsp3) is 0.333.